The van der Waals surface area contributed by atoms with Crippen LogP contribution in [0.3, 0.4) is 0 Å². The van der Waals surface area contributed by atoms with Gasteiger partial charge in [-0.1, -0.05) is 37.3 Å². The highest BCUT2D eigenvalue weighted by Gasteiger charge is 2.20. The SMILES string of the molecule is CCc1ccc(NC(=O)Cn2nnc(-c3ccccc3NC(=O)c3c(OC)cccc3OC)n2)cc1. The number of aryl methyl sites for hydroxylation is 1. The van der Waals surface area contributed by atoms with Gasteiger partial charge in [-0.05, 0) is 53.6 Å². The number of nitrogens with one attached hydrogen (secondary N) is 2. The Morgan fingerprint density at radius 3 is 2.25 bits per heavy atom. The van der Waals surface area contributed by atoms with Crippen LogP contribution in [-0.4, -0.2) is 46.2 Å². The molecule has 0 aliphatic rings. The fourth-order valence-electron chi connectivity index (χ4n) is 3.62. The first kappa shape index (κ1) is 24.4. The number of benzene rings is 3. The molecule has 10 nitrogen and oxygen atoms in total. The van der Waals surface area contributed by atoms with Gasteiger partial charge in [0.2, 0.25) is 11.7 Å². The molecule has 184 valence electrons. The van der Waals surface area contributed by atoms with E-state index >= 15 is 0 Å². The summed E-state index contributed by atoms with van der Waals surface area (Å²) in [7, 11) is 2.97. The van der Waals surface area contributed by atoms with Crippen molar-refractivity contribution >= 4 is 23.2 Å². The fourth-order valence-corrected chi connectivity index (χ4v) is 3.62. The van der Waals surface area contributed by atoms with Crippen molar-refractivity contribution in [3.05, 3.63) is 77.9 Å². The summed E-state index contributed by atoms with van der Waals surface area (Å²) in [6.07, 6.45) is 0.925. The highest BCUT2D eigenvalue weighted by atomic mass is 16.5. The van der Waals surface area contributed by atoms with Crippen LogP contribution in [0.1, 0.15) is 22.8 Å². The van der Waals surface area contributed by atoms with Gasteiger partial charge < -0.3 is 20.1 Å². The molecule has 0 bridgehead atoms. The van der Waals surface area contributed by atoms with Crippen molar-refractivity contribution in [3.8, 4) is 22.9 Å². The van der Waals surface area contributed by atoms with E-state index in [9.17, 15) is 9.59 Å². The Kier molecular flexibility index (Phi) is 7.54. The lowest BCUT2D eigenvalue weighted by Crippen LogP contribution is -2.20. The van der Waals surface area contributed by atoms with Gasteiger partial charge >= 0.3 is 0 Å². The molecule has 0 radical (unpaired) electrons. The van der Waals surface area contributed by atoms with E-state index in [4.69, 9.17) is 9.47 Å². The molecule has 0 fully saturated rings. The van der Waals surface area contributed by atoms with E-state index in [2.05, 4.69) is 33.0 Å². The van der Waals surface area contributed by atoms with Crippen molar-refractivity contribution in [1.29, 1.82) is 0 Å². The van der Waals surface area contributed by atoms with Crippen LogP contribution < -0.4 is 20.1 Å². The standard InChI is InChI=1S/C26H26N6O4/c1-4-17-12-14-18(15-13-17)27-23(33)16-32-30-25(29-31-32)19-8-5-6-9-20(19)28-26(34)24-21(35-2)10-7-11-22(24)36-3/h5-15H,4,16H2,1-3H3,(H,27,33)(H,28,34). The Morgan fingerprint density at radius 2 is 1.58 bits per heavy atom. The topological polar surface area (TPSA) is 120 Å². The molecule has 0 spiro atoms. The second-order valence-corrected chi connectivity index (χ2v) is 7.78. The maximum atomic E-state index is 13.1. The van der Waals surface area contributed by atoms with Crippen molar-refractivity contribution < 1.29 is 19.1 Å². The third-order valence-electron chi connectivity index (χ3n) is 5.45. The van der Waals surface area contributed by atoms with Crippen LogP contribution in [0.15, 0.2) is 66.7 Å². The normalized spacial score (nSPS) is 10.5. The predicted molar refractivity (Wildman–Crippen MR) is 135 cm³/mol. The molecular weight excluding hydrogens is 460 g/mol. The summed E-state index contributed by atoms with van der Waals surface area (Å²) < 4.78 is 10.7. The molecule has 4 aromatic rings. The molecule has 2 N–H and O–H groups in total. The molecule has 0 aliphatic carbocycles. The molecule has 36 heavy (non-hydrogen) atoms. The summed E-state index contributed by atoms with van der Waals surface area (Å²) in [4.78, 5) is 26.8. The Hall–Kier alpha value is -4.73. The number of carbonyl (C=O) groups excluding carboxylic acids is 2. The zero-order valence-electron chi connectivity index (χ0n) is 20.2. The summed E-state index contributed by atoms with van der Waals surface area (Å²) in [6.45, 7) is 1.95. The lowest BCUT2D eigenvalue weighted by molar-refractivity contribution is -0.117. The Labute approximate surface area is 208 Å². The molecule has 2 amide bonds. The number of nitrogens with zero attached hydrogens (tertiary/aromatic N) is 4. The number of ether oxygens (including phenoxy) is 2. The van der Waals surface area contributed by atoms with E-state index in [0.29, 0.717) is 28.4 Å². The van der Waals surface area contributed by atoms with Gasteiger partial charge in [-0.25, -0.2) is 0 Å². The number of para-hydroxylation sites is 1. The van der Waals surface area contributed by atoms with Crippen LogP contribution in [0.2, 0.25) is 0 Å². The largest absolute Gasteiger partial charge is 0.496 e. The van der Waals surface area contributed by atoms with Gasteiger partial charge in [-0.15, -0.1) is 10.2 Å². The average molecular weight is 487 g/mol. The molecule has 3 aromatic carbocycles. The molecule has 0 saturated carbocycles. The van der Waals surface area contributed by atoms with Crippen LogP contribution in [-0.2, 0) is 17.8 Å². The van der Waals surface area contributed by atoms with Gasteiger partial charge in [0.25, 0.3) is 5.91 Å². The lowest BCUT2D eigenvalue weighted by atomic mass is 10.1. The molecule has 10 heteroatoms. The number of aromatic nitrogens is 4. The van der Waals surface area contributed by atoms with Crippen molar-refractivity contribution in [3.63, 3.8) is 0 Å². The van der Waals surface area contributed by atoms with E-state index in [0.717, 1.165) is 6.42 Å². The van der Waals surface area contributed by atoms with Crippen molar-refractivity contribution in [1.82, 2.24) is 20.2 Å². The Balaban J connectivity index is 1.50. The summed E-state index contributed by atoms with van der Waals surface area (Å²) in [6, 6.07) is 19.8. The zero-order valence-corrected chi connectivity index (χ0v) is 20.2. The van der Waals surface area contributed by atoms with Crippen LogP contribution in [0, 0.1) is 0 Å². The highest BCUT2D eigenvalue weighted by Crippen LogP contribution is 2.31. The number of rotatable bonds is 9. The summed E-state index contributed by atoms with van der Waals surface area (Å²) >= 11 is 0. The molecule has 0 saturated heterocycles. The first-order chi connectivity index (χ1) is 17.5. The molecule has 1 heterocycles. The second kappa shape index (κ2) is 11.1. The van der Waals surface area contributed by atoms with Gasteiger partial charge in [0, 0.05) is 11.3 Å². The second-order valence-electron chi connectivity index (χ2n) is 7.78. The Morgan fingerprint density at radius 1 is 0.889 bits per heavy atom. The number of amides is 2. The molecule has 0 atom stereocenters. The number of tetrazole rings is 1. The number of anilines is 2. The van der Waals surface area contributed by atoms with Gasteiger partial charge in [0.1, 0.15) is 23.6 Å². The third-order valence-corrected chi connectivity index (χ3v) is 5.45. The van der Waals surface area contributed by atoms with Crippen molar-refractivity contribution in [2.24, 2.45) is 0 Å². The summed E-state index contributed by atoms with van der Waals surface area (Å²) in [5, 5.41) is 18.1. The summed E-state index contributed by atoms with van der Waals surface area (Å²) in [5.74, 6) is 0.316. The average Bonchev–Trinajstić information content (AvgIpc) is 3.36. The quantitative estimate of drug-likeness (QED) is 0.369. The van der Waals surface area contributed by atoms with E-state index < -0.39 is 5.91 Å². The molecule has 4 rings (SSSR count). The fraction of sp³-hybridized carbons (Fsp3) is 0.192. The van der Waals surface area contributed by atoms with E-state index in [1.165, 1.54) is 24.6 Å². The number of methoxy groups -OCH3 is 2. The predicted octanol–water partition coefficient (Wildman–Crippen LogP) is 3.81. The van der Waals surface area contributed by atoms with Crippen LogP contribution in [0.25, 0.3) is 11.4 Å². The minimum absolute atomic E-state index is 0.116. The first-order valence-electron chi connectivity index (χ1n) is 11.3. The van der Waals surface area contributed by atoms with Gasteiger partial charge in [0.15, 0.2) is 0 Å². The first-order valence-corrected chi connectivity index (χ1v) is 11.3. The Bertz CT molecular complexity index is 1340. The van der Waals surface area contributed by atoms with Crippen LogP contribution in [0.5, 0.6) is 11.5 Å². The maximum Gasteiger partial charge on any atom is 0.263 e. The summed E-state index contributed by atoms with van der Waals surface area (Å²) in [5.41, 5.74) is 3.15. The maximum absolute atomic E-state index is 13.1. The minimum Gasteiger partial charge on any atom is -0.496 e. The third kappa shape index (κ3) is 5.49. The minimum atomic E-state index is -0.419. The van der Waals surface area contributed by atoms with E-state index in [1.807, 2.05) is 24.3 Å². The zero-order chi connectivity index (χ0) is 25.5. The van der Waals surface area contributed by atoms with E-state index in [1.54, 1.807) is 42.5 Å². The van der Waals surface area contributed by atoms with E-state index in [-0.39, 0.29) is 23.8 Å². The van der Waals surface area contributed by atoms with Gasteiger partial charge in [0.05, 0.1) is 19.9 Å². The number of carbonyl (C=O) groups is 2. The molecular formula is C26H26N6O4. The number of hydrogen-bond donors (Lipinski definition) is 2. The van der Waals surface area contributed by atoms with Crippen LogP contribution in [0.4, 0.5) is 11.4 Å². The molecule has 1 aromatic heterocycles. The molecule has 0 unspecified atom stereocenters. The van der Waals surface area contributed by atoms with Crippen molar-refractivity contribution in [2.75, 3.05) is 24.9 Å². The monoisotopic (exact) mass is 486 g/mol. The number of hydrogen-bond acceptors (Lipinski definition) is 7. The molecule has 0 aliphatic heterocycles. The lowest BCUT2D eigenvalue weighted by Gasteiger charge is -2.14. The van der Waals surface area contributed by atoms with Gasteiger partial charge in [-0.2, -0.15) is 4.80 Å². The van der Waals surface area contributed by atoms with Crippen molar-refractivity contribution in [2.45, 2.75) is 19.9 Å². The highest BCUT2D eigenvalue weighted by molar-refractivity contribution is 6.09. The van der Waals surface area contributed by atoms with Gasteiger partial charge in [-0.3, -0.25) is 9.59 Å². The smallest absolute Gasteiger partial charge is 0.263 e. The van der Waals surface area contributed by atoms with Crippen LogP contribution >= 0.6 is 0 Å².